The quantitative estimate of drug-likeness (QED) is 0.758. The van der Waals surface area contributed by atoms with Crippen molar-refractivity contribution in [3.8, 4) is 5.75 Å². The van der Waals surface area contributed by atoms with Crippen LogP contribution in [0.4, 0.5) is 0 Å². The normalized spacial score (nSPS) is 11.7. The van der Waals surface area contributed by atoms with E-state index in [0.29, 0.717) is 24.5 Å². The molecule has 122 valence electrons. The van der Waals surface area contributed by atoms with E-state index in [9.17, 15) is 4.79 Å². The van der Waals surface area contributed by atoms with E-state index >= 15 is 0 Å². The molecule has 0 radical (unpaired) electrons. The Bertz CT molecular complexity index is 613. The van der Waals surface area contributed by atoms with Crippen molar-refractivity contribution in [3.63, 3.8) is 0 Å². The molecule has 1 N–H and O–H groups in total. The van der Waals surface area contributed by atoms with Crippen molar-refractivity contribution < 1.29 is 14.3 Å². The molecule has 0 heterocycles. The van der Waals surface area contributed by atoms with Gasteiger partial charge in [-0.3, -0.25) is 4.79 Å². The van der Waals surface area contributed by atoms with E-state index in [1.165, 1.54) is 0 Å². The fraction of sp³-hybridized carbons (Fsp3) is 0.316. The standard InChI is InChI=1S/C19H23NO3/c1-3-17(15-9-5-4-6-10-15)20-19(21)16-11-7-8-12-18(16)23-14-13-22-2/h4-12,17H,3,13-14H2,1-2H3,(H,20,21). The number of carbonyl (C=O) groups is 1. The summed E-state index contributed by atoms with van der Waals surface area (Å²) >= 11 is 0. The molecular formula is C19H23NO3. The van der Waals surface area contributed by atoms with E-state index in [4.69, 9.17) is 9.47 Å². The number of para-hydroxylation sites is 1. The average molecular weight is 313 g/mol. The van der Waals surface area contributed by atoms with Crippen LogP contribution in [0.3, 0.4) is 0 Å². The molecule has 1 amide bonds. The smallest absolute Gasteiger partial charge is 0.255 e. The molecule has 0 saturated carbocycles. The van der Waals surface area contributed by atoms with Crippen LogP contribution in [0.1, 0.15) is 35.3 Å². The van der Waals surface area contributed by atoms with Gasteiger partial charge in [0.1, 0.15) is 12.4 Å². The van der Waals surface area contributed by atoms with Crippen LogP contribution in [0.15, 0.2) is 54.6 Å². The highest BCUT2D eigenvalue weighted by Crippen LogP contribution is 2.21. The zero-order valence-corrected chi connectivity index (χ0v) is 13.6. The van der Waals surface area contributed by atoms with Crippen molar-refractivity contribution in [1.82, 2.24) is 5.32 Å². The van der Waals surface area contributed by atoms with Crippen LogP contribution in [0.25, 0.3) is 0 Å². The molecule has 0 bridgehead atoms. The first-order valence-electron chi connectivity index (χ1n) is 7.82. The SMILES string of the molecule is CCC(NC(=O)c1ccccc1OCCOC)c1ccccc1. The van der Waals surface area contributed by atoms with Gasteiger partial charge in [-0.2, -0.15) is 0 Å². The molecule has 23 heavy (non-hydrogen) atoms. The minimum atomic E-state index is -0.131. The zero-order chi connectivity index (χ0) is 16.5. The van der Waals surface area contributed by atoms with Crippen molar-refractivity contribution in [2.75, 3.05) is 20.3 Å². The minimum absolute atomic E-state index is 0.0178. The number of hydrogen-bond donors (Lipinski definition) is 1. The molecule has 0 aromatic heterocycles. The molecule has 4 heteroatoms. The van der Waals surface area contributed by atoms with Gasteiger partial charge in [0.25, 0.3) is 5.91 Å². The third-order valence-corrected chi connectivity index (χ3v) is 3.59. The van der Waals surface area contributed by atoms with Crippen molar-refractivity contribution in [2.45, 2.75) is 19.4 Å². The van der Waals surface area contributed by atoms with Gasteiger partial charge in [-0.25, -0.2) is 0 Å². The van der Waals surface area contributed by atoms with Gasteiger partial charge >= 0.3 is 0 Å². The van der Waals surface area contributed by atoms with E-state index in [-0.39, 0.29) is 11.9 Å². The maximum atomic E-state index is 12.6. The number of amides is 1. The second-order valence-electron chi connectivity index (χ2n) is 5.18. The van der Waals surface area contributed by atoms with Crippen LogP contribution in [0.2, 0.25) is 0 Å². The van der Waals surface area contributed by atoms with Crippen LogP contribution >= 0.6 is 0 Å². The van der Waals surface area contributed by atoms with E-state index in [1.54, 1.807) is 19.2 Å². The first kappa shape index (κ1) is 17.0. The van der Waals surface area contributed by atoms with E-state index in [1.807, 2.05) is 42.5 Å². The number of ether oxygens (including phenoxy) is 2. The summed E-state index contributed by atoms with van der Waals surface area (Å²) in [4.78, 5) is 12.6. The number of carbonyl (C=O) groups excluding carboxylic acids is 1. The van der Waals surface area contributed by atoms with Crippen LogP contribution in [0, 0.1) is 0 Å². The number of benzene rings is 2. The molecule has 1 atom stereocenters. The third kappa shape index (κ3) is 4.83. The molecule has 0 spiro atoms. The lowest BCUT2D eigenvalue weighted by atomic mass is 10.0. The Morgan fingerprint density at radius 3 is 2.43 bits per heavy atom. The van der Waals surface area contributed by atoms with Gasteiger partial charge in [-0.15, -0.1) is 0 Å². The van der Waals surface area contributed by atoms with Gasteiger partial charge < -0.3 is 14.8 Å². The first-order chi connectivity index (χ1) is 11.3. The minimum Gasteiger partial charge on any atom is -0.490 e. The maximum absolute atomic E-state index is 12.6. The van der Waals surface area contributed by atoms with E-state index in [0.717, 1.165) is 12.0 Å². The Labute approximate surface area is 137 Å². The third-order valence-electron chi connectivity index (χ3n) is 3.59. The average Bonchev–Trinajstić information content (AvgIpc) is 2.61. The van der Waals surface area contributed by atoms with E-state index in [2.05, 4.69) is 12.2 Å². The summed E-state index contributed by atoms with van der Waals surface area (Å²) in [5, 5.41) is 3.08. The predicted octanol–water partition coefficient (Wildman–Crippen LogP) is 3.59. The Kier molecular flexibility index (Phi) is 6.63. The molecule has 2 aromatic carbocycles. The Morgan fingerprint density at radius 1 is 1.04 bits per heavy atom. The van der Waals surface area contributed by atoms with Crippen LogP contribution < -0.4 is 10.1 Å². The van der Waals surface area contributed by atoms with Gasteiger partial charge in [0.2, 0.25) is 0 Å². The summed E-state index contributed by atoms with van der Waals surface area (Å²) in [5.74, 6) is 0.443. The van der Waals surface area contributed by atoms with Gasteiger partial charge in [-0.1, -0.05) is 49.4 Å². The number of methoxy groups -OCH3 is 1. The van der Waals surface area contributed by atoms with Crippen LogP contribution in [0.5, 0.6) is 5.75 Å². The molecule has 2 aromatic rings. The lowest BCUT2D eigenvalue weighted by Crippen LogP contribution is -2.28. The lowest BCUT2D eigenvalue weighted by Gasteiger charge is -2.18. The lowest BCUT2D eigenvalue weighted by molar-refractivity contribution is 0.0928. The molecule has 0 aliphatic carbocycles. The summed E-state index contributed by atoms with van der Waals surface area (Å²) < 4.78 is 10.6. The number of hydrogen-bond acceptors (Lipinski definition) is 3. The van der Waals surface area contributed by atoms with Crippen LogP contribution in [-0.4, -0.2) is 26.2 Å². The fourth-order valence-electron chi connectivity index (χ4n) is 2.36. The van der Waals surface area contributed by atoms with Crippen molar-refractivity contribution in [1.29, 1.82) is 0 Å². The van der Waals surface area contributed by atoms with Crippen molar-refractivity contribution >= 4 is 5.91 Å². The number of nitrogens with one attached hydrogen (secondary N) is 1. The topological polar surface area (TPSA) is 47.6 Å². The molecule has 2 rings (SSSR count). The largest absolute Gasteiger partial charge is 0.490 e. The van der Waals surface area contributed by atoms with Gasteiger partial charge in [0.05, 0.1) is 18.2 Å². The predicted molar refractivity (Wildman–Crippen MR) is 90.8 cm³/mol. The van der Waals surface area contributed by atoms with Gasteiger partial charge in [-0.05, 0) is 24.1 Å². The molecule has 0 fully saturated rings. The van der Waals surface area contributed by atoms with Gasteiger partial charge in [0, 0.05) is 7.11 Å². The van der Waals surface area contributed by atoms with Crippen LogP contribution in [-0.2, 0) is 4.74 Å². The highest BCUT2D eigenvalue weighted by molar-refractivity contribution is 5.97. The van der Waals surface area contributed by atoms with E-state index < -0.39 is 0 Å². The molecular weight excluding hydrogens is 290 g/mol. The summed E-state index contributed by atoms with van der Waals surface area (Å²) in [5.41, 5.74) is 1.64. The Hall–Kier alpha value is -2.33. The molecule has 0 aliphatic rings. The second kappa shape index (κ2) is 8.96. The highest BCUT2D eigenvalue weighted by Gasteiger charge is 2.17. The maximum Gasteiger partial charge on any atom is 0.255 e. The summed E-state index contributed by atoms with van der Waals surface area (Å²) in [6, 6.07) is 17.2. The van der Waals surface area contributed by atoms with Crippen molar-refractivity contribution in [3.05, 3.63) is 65.7 Å². The molecule has 1 unspecified atom stereocenters. The summed E-state index contributed by atoms with van der Waals surface area (Å²) in [7, 11) is 1.62. The Balaban J connectivity index is 2.10. The first-order valence-corrected chi connectivity index (χ1v) is 7.82. The zero-order valence-electron chi connectivity index (χ0n) is 13.6. The monoisotopic (exact) mass is 313 g/mol. The van der Waals surface area contributed by atoms with Gasteiger partial charge in [0.15, 0.2) is 0 Å². The number of rotatable bonds is 8. The fourth-order valence-corrected chi connectivity index (χ4v) is 2.36. The summed E-state index contributed by atoms with van der Waals surface area (Å²) in [6.45, 7) is 2.95. The highest BCUT2D eigenvalue weighted by atomic mass is 16.5. The van der Waals surface area contributed by atoms with Crippen molar-refractivity contribution in [2.24, 2.45) is 0 Å². The summed E-state index contributed by atoms with van der Waals surface area (Å²) in [6.07, 6.45) is 0.822. The second-order valence-corrected chi connectivity index (χ2v) is 5.18. The molecule has 4 nitrogen and oxygen atoms in total. The Morgan fingerprint density at radius 2 is 1.74 bits per heavy atom. The molecule has 0 aliphatic heterocycles. The molecule has 0 saturated heterocycles.